The first-order valence-electron chi connectivity index (χ1n) is 18.9. The number of nitrogens with zero attached hydrogens (tertiary/aromatic N) is 1. The minimum absolute atomic E-state index is 0.289. The Morgan fingerprint density at radius 1 is 0.405 bits per heavy atom. The number of phosphoric ester groups is 1. The van der Waals surface area contributed by atoms with Crippen LogP contribution in [0.1, 0.15) is 201 Å². The Bertz CT molecular complexity index is 541. The van der Waals surface area contributed by atoms with E-state index in [2.05, 4.69) is 25.7 Å². The van der Waals surface area contributed by atoms with Crippen LogP contribution in [0.2, 0.25) is 0 Å². The summed E-state index contributed by atoms with van der Waals surface area (Å²) in [5, 5.41) is 0. The van der Waals surface area contributed by atoms with Gasteiger partial charge in [0.05, 0.1) is 13.2 Å². The summed E-state index contributed by atoms with van der Waals surface area (Å²) in [4.78, 5) is 12.7. The smallest absolute Gasteiger partial charge is 0.303 e. The molecule has 42 heavy (non-hydrogen) atoms. The predicted octanol–water partition coefficient (Wildman–Crippen LogP) is 12.4. The SMILES string of the molecule is CCCCCCCCCCCOP(=O)(O)OCCCN(CCCCCCCCCCC)CCCCCCCCCCC. The summed E-state index contributed by atoms with van der Waals surface area (Å²) < 4.78 is 22.9. The van der Waals surface area contributed by atoms with Crippen LogP contribution < -0.4 is 0 Å². The number of hydrogen-bond donors (Lipinski definition) is 1. The second-order valence-electron chi connectivity index (χ2n) is 12.8. The zero-order chi connectivity index (χ0) is 30.8. The number of phosphoric acid groups is 1. The van der Waals surface area contributed by atoms with Crippen LogP contribution in [0.5, 0.6) is 0 Å². The molecular formula is C36H76NO4P. The zero-order valence-corrected chi connectivity index (χ0v) is 29.8. The second kappa shape index (κ2) is 34.0. The van der Waals surface area contributed by atoms with Crippen molar-refractivity contribution in [3.63, 3.8) is 0 Å². The molecule has 1 unspecified atom stereocenters. The minimum Gasteiger partial charge on any atom is -0.303 e. The van der Waals surface area contributed by atoms with Gasteiger partial charge in [0.25, 0.3) is 0 Å². The summed E-state index contributed by atoms with van der Waals surface area (Å²) in [5.41, 5.74) is 0. The fraction of sp³-hybridized carbons (Fsp3) is 1.00. The van der Waals surface area contributed by atoms with Crippen molar-refractivity contribution in [2.24, 2.45) is 0 Å². The third kappa shape index (κ3) is 33.0. The summed E-state index contributed by atoms with van der Waals surface area (Å²) in [7, 11) is -3.93. The molecule has 0 heterocycles. The van der Waals surface area contributed by atoms with Gasteiger partial charge >= 0.3 is 7.82 Å². The molecular weight excluding hydrogens is 541 g/mol. The van der Waals surface area contributed by atoms with Crippen molar-refractivity contribution in [3.05, 3.63) is 0 Å². The van der Waals surface area contributed by atoms with E-state index >= 15 is 0 Å². The van der Waals surface area contributed by atoms with Crippen molar-refractivity contribution in [3.8, 4) is 0 Å². The van der Waals surface area contributed by atoms with Gasteiger partial charge in [-0.1, -0.05) is 175 Å². The lowest BCUT2D eigenvalue weighted by Gasteiger charge is -2.22. The van der Waals surface area contributed by atoms with Crippen LogP contribution in [0.15, 0.2) is 0 Å². The standard InChI is InChI=1S/C36H76NO4P/c1-4-7-10-13-16-19-22-25-28-32-37(33-29-26-23-20-17-14-11-8-5-2)34-31-36-41-42(38,39)40-35-30-27-24-21-18-15-12-9-6-3/h4-36H2,1-3H3,(H,38,39). The van der Waals surface area contributed by atoms with Crippen LogP contribution >= 0.6 is 7.82 Å². The van der Waals surface area contributed by atoms with Crippen LogP contribution in [0.3, 0.4) is 0 Å². The first-order valence-corrected chi connectivity index (χ1v) is 20.4. The molecule has 0 radical (unpaired) electrons. The summed E-state index contributed by atoms with van der Waals surface area (Å²) in [6.45, 7) is 10.6. The van der Waals surface area contributed by atoms with Gasteiger partial charge in [-0.05, 0) is 38.8 Å². The van der Waals surface area contributed by atoms with Gasteiger partial charge in [0.15, 0.2) is 0 Å². The van der Waals surface area contributed by atoms with E-state index in [1.54, 1.807) is 0 Å². The van der Waals surface area contributed by atoms with Crippen LogP contribution in [0.25, 0.3) is 0 Å². The van der Waals surface area contributed by atoms with Crippen molar-refractivity contribution in [2.45, 2.75) is 201 Å². The molecule has 0 aromatic carbocycles. The number of hydrogen-bond acceptors (Lipinski definition) is 4. The fourth-order valence-corrected chi connectivity index (χ4v) is 6.52. The lowest BCUT2D eigenvalue weighted by Crippen LogP contribution is -2.28. The molecule has 0 spiro atoms. The highest BCUT2D eigenvalue weighted by molar-refractivity contribution is 7.47. The molecule has 0 aliphatic heterocycles. The van der Waals surface area contributed by atoms with Crippen molar-refractivity contribution in [2.75, 3.05) is 32.8 Å². The molecule has 0 saturated heterocycles. The highest BCUT2D eigenvalue weighted by Gasteiger charge is 2.20. The third-order valence-electron chi connectivity index (χ3n) is 8.53. The molecule has 1 atom stereocenters. The summed E-state index contributed by atoms with van der Waals surface area (Å²) in [6, 6.07) is 0. The van der Waals surface area contributed by atoms with Gasteiger partial charge in [0, 0.05) is 6.54 Å². The highest BCUT2D eigenvalue weighted by atomic mass is 31.2. The van der Waals surface area contributed by atoms with Gasteiger partial charge < -0.3 is 9.79 Å². The Morgan fingerprint density at radius 3 is 1.02 bits per heavy atom. The Kier molecular flexibility index (Phi) is 34.0. The maximum atomic E-state index is 12.3. The first kappa shape index (κ1) is 42.1. The maximum Gasteiger partial charge on any atom is 0.472 e. The molecule has 0 fully saturated rings. The van der Waals surface area contributed by atoms with Gasteiger partial charge in [0.2, 0.25) is 0 Å². The Morgan fingerprint density at radius 2 is 0.667 bits per heavy atom. The molecule has 254 valence electrons. The summed E-state index contributed by atoms with van der Waals surface area (Å²) in [5.74, 6) is 0. The van der Waals surface area contributed by atoms with Crippen molar-refractivity contribution >= 4 is 7.82 Å². The van der Waals surface area contributed by atoms with Gasteiger partial charge in [-0.25, -0.2) is 4.57 Å². The quantitative estimate of drug-likeness (QED) is 0.0560. The van der Waals surface area contributed by atoms with E-state index < -0.39 is 7.82 Å². The van der Waals surface area contributed by atoms with E-state index in [0.717, 1.165) is 38.9 Å². The molecule has 0 amide bonds. The molecule has 0 aromatic rings. The maximum absolute atomic E-state index is 12.3. The molecule has 0 rings (SSSR count). The van der Waals surface area contributed by atoms with Crippen LogP contribution in [0, 0.1) is 0 Å². The van der Waals surface area contributed by atoms with Crippen LogP contribution in [-0.2, 0) is 13.6 Å². The molecule has 0 aromatic heterocycles. The molecule has 0 bridgehead atoms. The van der Waals surface area contributed by atoms with E-state index in [9.17, 15) is 9.46 Å². The van der Waals surface area contributed by atoms with Gasteiger partial charge in [-0.15, -0.1) is 0 Å². The van der Waals surface area contributed by atoms with E-state index in [0.29, 0.717) is 6.61 Å². The molecule has 1 N–H and O–H groups in total. The lowest BCUT2D eigenvalue weighted by atomic mass is 10.1. The van der Waals surface area contributed by atoms with E-state index in [1.807, 2.05) is 0 Å². The minimum atomic E-state index is -3.93. The first-order chi connectivity index (χ1) is 20.6. The van der Waals surface area contributed by atoms with E-state index in [-0.39, 0.29) is 6.61 Å². The van der Waals surface area contributed by atoms with E-state index in [1.165, 1.54) is 161 Å². The predicted molar refractivity (Wildman–Crippen MR) is 184 cm³/mol. The fourth-order valence-electron chi connectivity index (χ4n) is 5.73. The van der Waals surface area contributed by atoms with Gasteiger partial charge in [-0.3, -0.25) is 9.05 Å². The normalized spacial score (nSPS) is 13.3. The van der Waals surface area contributed by atoms with Gasteiger partial charge in [-0.2, -0.15) is 0 Å². The zero-order valence-electron chi connectivity index (χ0n) is 28.9. The van der Waals surface area contributed by atoms with Gasteiger partial charge in [0.1, 0.15) is 0 Å². The Labute approximate surface area is 264 Å². The molecule has 0 saturated carbocycles. The molecule has 0 aliphatic carbocycles. The number of rotatable bonds is 36. The summed E-state index contributed by atoms with van der Waals surface area (Å²) >= 11 is 0. The number of unbranched alkanes of at least 4 members (excludes halogenated alkanes) is 24. The second-order valence-corrected chi connectivity index (χ2v) is 14.3. The third-order valence-corrected chi connectivity index (χ3v) is 9.55. The largest absolute Gasteiger partial charge is 0.472 e. The van der Waals surface area contributed by atoms with Crippen molar-refractivity contribution in [1.29, 1.82) is 0 Å². The molecule has 5 nitrogen and oxygen atoms in total. The van der Waals surface area contributed by atoms with Crippen LogP contribution in [0.4, 0.5) is 0 Å². The monoisotopic (exact) mass is 618 g/mol. The average molecular weight is 618 g/mol. The highest BCUT2D eigenvalue weighted by Crippen LogP contribution is 2.43. The average Bonchev–Trinajstić information content (AvgIpc) is 2.98. The summed E-state index contributed by atoms with van der Waals surface area (Å²) in [6.07, 6.45) is 36.1. The van der Waals surface area contributed by atoms with Crippen molar-refractivity contribution in [1.82, 2.24) is 4.90 Å². The molecule has 0 aliphatic rings. The lowest BCUT2D eigenvalue weighted by molar-refractivity contribution is 0.139. The molecule has 6 heteroatoms. The Balaban J connectivity index is 4.09. The topological polar surface area (TPSA) is 59.0 Å². The Hall–Kier alpha value is 0.0700. The van der Waals surface area contributed by atoms with Crippen molar-refractivity contribution < 1.29 is 18.5 Å². The van der Waals surface area contributed by atoms with E-state index in [4.69, 9.17) is 9.05 Å². The van der Waals surface area contributed by atoms with Crippen LogP contribution in [-0.4, -0.2) is 42.6 Å².